The predicted octanol–water partition coefficient (Wildman–Crippen LogP) is 0.996. The molecule has 15 heavy (non-hydrogen) atoms. The van der Waals surface area contributed by atoms with E-state index in [1.165, 1.54) is 0 Å². The molecule has 0 aromatic heterocycles. The average Bonchev–Trinajstić information content (AvgIpc) is 2.06. The van der Waals surface area contributed by atoms with Crippen molar-refractivity contribution in [1.82, 2.24) is 10.9 Å². The number of hydrogen-bond donors (Lipinski definition) is 2. The lowest BCUT2D eigenvalue weighted by molar-refractivity contribution is -0.124. The van der Waals surface area contributed by atoms with Gasteiger partial charge in [-0.05, 0) is 12.3 Å². The molecule has 7 heteroatoms. The zero-order valence-electron chi connectivity index (χ0n) is 8.35. The van der Waals surface area contributed by atoms with E-state index in [0.29, 0.717) is 6.42 Å². The number of hydrogen-bond acceptors (Lipinski definition) is 3. The molecule has 1 rings (SSSR count). The van der Waals surface area contributed by atoms with Crippen LogP contribution in [-0.4, -0.2) is 24.0 Å². The Kier molecular flexibility index (Phi) is 3.21. The Morgan fingerprint density at radius 3 is 2.47 bits per heavy atom. The normalized spacial score (nSPS) is 22.1. The molecule has 0 spiro atoms. The number of rotatable bonds is 2. The second-order valence-electron chi connectivity index (χ2n) is 3.74. The fourth-order valence-electron chi connectivity index (χ4n) is 1.20. The van der Waals surface area contributed by atoms with Crippen LogP contribution in [0.3, 0.4) is 0 Å². The van der Waals surface area contributed by atoms with Crippen molar-refractivity contribution >= 4 is 11.7 Å². The van der Waals surface area contributed by atoms with Crippen LogP contribution in [-0.2, 0) is 4.79 Å². The van der Waals surface area contributed by atoms with Crippen LogP contribution in [0.2, 0.25) is 0 Å². The number of nitrogens with one attached hydrogen (secondary N) is 2. The van der Waals surface area contributed by atoms with Crippen molar-refractivity contribution in [3.05, 3.63) is 0 Å². The summed E-state index contributed by atoms with van der Waals surface area (Å²) < 4.78 is 36.7. The van der Waals surface area contributed by atoms with Gasteiger partial charge in [0.25, 0.3) is 5.91 Å². The van der Waals surface area contributed by atoms with Crippen LogP contribution in [0.15, 0.2) is 4.99 Å². The van der Waals surface area contributed by atoms with Gasteiger partial charge in [-0.15, -0.1) is 0 Å². The van der Waals surface area contributed by atoms with Crippen LogP contribution in [0.4, 0.5) is 13.2 Å². The Morgan fingerprint density at radius 2 is 2.00 bits per heavy atom. The highest BCUT2D eigenvalue weighted by Gasteiger charge is 2.40. The van der Waals surface area contributed by atoms with E-state index in [-0.39, 0.29) is 5.92 Å². The van der Waals surface area contributed by atoms with Gasteiger partial charge >= 0.3 is 6.18 Å². The number of halogens is 3. The Bertz CT molecular complexity index is 285. The zero-order valence-corrected chi connectivity index (χ0v) is 8.35. The van der Waals surface area contributed by atoms with Gasteiger partial charge in [-0.2, -0.15) is 13.2 Å². The van der Waals surface area contributed by atoms with E-state index in [2.05, 4.69) is 4.99 Å². The Balaban J connectivity index is 2.81. The van der Waals surface area contributed by atoms with Crippen molar-refractivity contribution in [2.24, 2.45) is 10.9 Å². The van der Waals surface area contributed by atoms with E-state index in [1.54, 1.807) is 5.43 Å². The van der Waals surface area contributed by atoms with Gasteiger partial charge in [-0.1, -0.05) is 13.8 Å². The van der Waals surface area contributed by atoms with E-state index in [9.17, 15) is 18.0 Å². The van der Waals surface area contributed by atoms with Gasteiger partial charge in [0, 0.05) is 0 Å². The molecule has 86 valence electrons. The second kappa shape index (κ2) is 4.08. The first-order valence-corrected chi connectivity index (χ1v) is 4.51. The van der Waals surface area contributed by atoms with Gasteiger partial charge in [-0.25, -0.2) is 4.99 Å². The maximum atomic E-state index is 12.2. The molecule has 1 aliphatic heterocycles. The summed E-state index contributed by atoms with van der Waals surface area (Å²) in [7, 11) is 0. The summed E-state index contributed by atoms with van der Waals surface area (Å²) in [5.74, 6) is -1.57. The quantitative estimate of drug-likeness (QED) is 0.733. The number of amidine groups is 1. The maximum Gasteiger partial charge on any atom is 0.450 e. The number of hydrazine groups is 1. The Morgan fingerprint density at radius 1 is 1.40 bits per heavy atom. The SMILES string of the molecule is CC(C)CC1N=C(C(F)(F)F)NNC1=O. The highest BCUT2D eigenvalue weighted by Crippen LogP contribution is 2.19. The van der Waals surface area contributed by atoms with Crippen molar-refractivity contribution in [3.63, 3.8) is 0 Å². The molecule has 1 amide bonds. The van der Waals surface area contributed by atoms with Gasteiger partial charge in [0.05, 0.1) is 0 Å². The molecule has 0 fully saturated rings. The van der Waals surface area contributed by atoms with Crippen LogP contribution in [0, 0.1) is 5.92 Å². The van der Waals surface area contributed by atoms with Crippen LogP contribution >= 0.6 is 0 Å². The van der Waals surface area contributed by atoms with Crippen molar-refractivity contribution in [2.75, 3.05) is 0 Å². The number of aliphatic imine (C=N–C) groups is 1. The lowest BCUT2D eigenvalue weighted by Gasteiger charge is -2.24. The summed E-state index contributed by atoms with van der Waals surface area (Å²) in [6.45, 7) is 3.64. The molecule has 0 aliphatic carbocycles. The summed E-state index contributed by atoms with van der Waals surface area (Å²) in [5.41, 5.74) is 3.69. The molecule has 1 aliphatic rings. The predicted molar refractivity (Wildman–Crippen MR) is 48.0 cm³/mol. The lowest BCUT2D eigenvalue weighted by Crippen LogP contribution is -2.55. The van der Waals surface area contributed by atoms with E-state index in [4.69, 9.17) is 0 Å². The monoisotopic (exact) mass is 223 g/mol. The second-order valence-corrected chi connectivity index (χ2v) is 3.74. The number of amides is 1. The first-order valence-electron chi connectivity index (χ1n) is 4.51. The van der Waals surface area contributed by atoms with Crippen LogP contribution < -0.4 is 10.9 Å². The number of carbonyl (C=O) groups is 1. The van der Waals surface area contributed by atoms with E-state index < -0.39 is 24.0 Å². The third-order valence-corrected chi connectivity index (χ3v) is 1.85. The molecule has 0 aromatic carbocycles. The van der Waals surface area contributed by atoms with Gasteiger partial charge < -0.3 is 0 Å². The van der Waals surface area contributed by atoms with Crippen molar-refractivity contribution in [3.8, 4) is 0 Å². The van der Waals surface area contributed by atoms with Crippen LogP contribution in [0.25, 0.3) is 0 Å². The Hall–Kier alpha value is -1.27. The molecule has 0 saturated heterocycles. The highest BCUT2D eigenvalue weighted by molar-refractivity contribution is 5.96. The number of alkyl halides is 3. The Labute approximate surface area is 84.9 Å². The van der Waals surface area contributed by atoms with E-state index in [0.717, 1.165) is 0 Å². The number of carbonyl (C=O) groups excluding carboxylic acids is 1. The molecule has 0 aromatic rings. The molecule has 0 bridgehead atoms. The topological polar surface area (TPSA) is 53.5 Å². The van der Waals surface area contributed by atoms with Crippen molar-refractivity contribution < 1.29 is 18.0 Å². The minimum atomic E-state index is -4.55. The van der Waals surface area contributed by atoms with Gasteiger partial charge in [0.1, 0.15) is 6.04 Å². The third-order valence-electron chi connectivity index (χ3n) is 1.85. The minimum absolute atomic E-state index is 0.108. The highest BCUT2D eigenvalue weighted by atomic mass is 19.4. The minimum Gasteiger partial charge on any atom is -0.278 e. The molecule has 1 heterocycles. The summed E-state index contributed by atoms with van der Waals surface area (Å²) >= 11 is 0. The summed E-state index contributed by atoms with van der Waals surface area (Å²) in [6.07, 6.45) is -4.25. The molecule has 2 N–H and O–H groups in total. The smallest absolute Gasteiger partial charge is 0.278 e. The maximum absolute atomic E-state index is 12.2. The number of nitrogens with zero attached hydrogens (tertiary/aromatic N) is 1. The third kappa shape index (κ3) is 3.10. The van der Waals surface area contributed by atoms with Crippen LogP contribution in [0.5, 0.6) is 0 Å². The summed E-state index contributed by atoms with van der Waals surface area (Å²) in [4.78, 5) is 14.5. The van der Waals surface area contributed by atoms with E-state index >= 15 is 0 Å². The standard InChI is InChI=1S/C8H12F3N3O/c1-4(2)3-5-6(15)13-14-7(12-5)8(9,10)11/h4-5H,3H2,1-2H3,(H,12,14)(H,13,15). The largest absolute Gasteiger partial charge is 0.450 e. The summed E-state index contributed by atoms with van der Waals surface area (Å²) in [5, 5.41) is 0. The van der Waals surface area contributed by atoms with Gasteiger partial charge in [0.15, 0.2) is 0 Å². The first kappa shape index (κ1) is 11.8. The van der Waals surface area contributed by atoms with Gasteiger partial charge in [0.2, 0.25) is 5.84 Å². The fourth-order valence-corrected chi connectivity index (χ4v) is 1.20. The van der Waals surface area contributed by atoms with E-state index in [1.807, 2.05) is 19.3 Å². The average molecular weight is 223 g/mol. The summed E-state index contributed by atoms with van der Waals surface area (Å²) in [6, 6.07) is -0.956. The van der Waals surface area contributed by atoms with Crippen molar-refractivity contribution in [2.45, 2.75) is 32.5 Å². The lowest BCUT2D eigenvalue weighted by atomic mass is 10.0. The molecular weight excluding hydrogens is 211 g/mol. The molecule has 1 atom stereocenters. The van der Waals surface area contributed by atoms with Crippen LogP contribution in [0.1, 0.15) is 20.3 Å². The molecule has 0 saturated carbocycles. The molecule has 4 nitrogen and oxygen atoms in total. The van der Waals surface area contributed by atoms with Crippen molar-refractivity contribution in [1.29, 1.82) is 0 Å². The first-order chi connectivity index (χ1) is 6.80. The fraction of sp³-hybridized carbons (Fsp3) is 0.750. The molecule has 1 unspecified atom stereocenters. The zero-order chi connectivity index (χ0) is 11.6. The van der Waals surface area contributed by atoms with Gasteiger partial charge in [-0.3, -0.25) is 15.6 Å². The molecule has 0 radical (unpaired) electrons. The molecular formula is C8H12F3N3O.